The molecule has 0 bridgehead atoms. The molecule has 0 radical (unpaired) electrons. The molecule has 1 unspecified atom stereocenters. The minimum absolute atomic E-state index is 0.196. The van der Waals surface area contributed by atoms with Gasteiger partial charge in [0.15, 0.2) is 5.15 Å². The average Bonchev–Trinajstić information content (AvgIpc) is 2.33. The van der Waals surface area contributed by atoms with Crippen molar-refractivity contribution in [1.29, 1.82) is 0 Å². The summed E-state index contributed by atoms with van der Waals surface area (Å²) in [6.45, 7) is 8.39. The fourth-order valence-corrected chi connectivity index (χ4v) is 2.43. The Morgan fingerprint density at radius 2 is 1.84 bits per heavy atom. The lowest BCUT2D eigenvalue weighted by molar-refractivity contribution is 0.871. The average molecular weight is 275 g/mol. The summed E-state index contributed by atoms with van der Waals surface area (Å²) in [4.78, 5) is 4.16. The van der Waals surface area contributed by atoms with Gasteiger partial charge in [0, 0.05) is 12.2 Å². The maximum atomic E-state index is 6.12. The molecule has 1 atom stereocenters. The van der Waals surface area contributed by atoms with E-state index in [0.29, 0.717) is 5.15 Å². The third-order valence-electron chi connectivity index (χ3n) is 3.24. The number of anilines is 1. The van der Waals surface area contributed by atoms with Crippen molar-refractivity contribution in [3.05, 3.63) is 57.9 Å². The van der Waals surface area contributed by atoms with E-state index in [-0.39, 0.29) is 6.04 Å². The molecule has 0 saturated heterocycles. The van der Waals surface area contributed by atoms with Gasteiger partial charge in [-0.3, -0.25) is 0 Å². The van der Waals surface area contributed by atoms with Crippen LogP contribution in [0.15, 0.2) is 30.5 Å². The number of nitrogens with one attached hydrogen (secondary N) is 1. The number of halogens is 1. The van der Waals surface area contributed by atoms with E-state index in [1.807, 2.05) is 13.0 Å². The monoisotopic (exact) mass is 274 g/mol. The van der Waals surface area contributed by atoms with E-state index < -0.39 is 0 Å². The first-order valence-corrected chi connectivity index (χ1v) is 6.81. The van der Waals surface area contributed by atoms with Gasteiger partial charge in [-0.2, -0.15) is 0 Å². The second-order valence-electron chi connectivity index (χ2n) is 5.08. The summed E-state index contributed by atoms with van der Waals surface area (Å²) in [5, 5.41) is 3.95. The van der Waals surface area contributed by atoms with Gasteiger partial charge >= 0.3 is 0 Å². The Bertz CT molecular complexity index is 593. The lowest BCUT2D eigenvalue weighted by atomic mass is 10.00. The quantitative estimate of drug-likeness (QED) is 0.811. The number of pyridine rings is 1. The lowest BCUT2D eigenvalue weighted by Gasteiger charge is -2.19. The maximum Gasteiger partial charge on any atom is 0.152 e. The van der Waals surface area contributed by atoms with Crippen molar-refractivity contribution in [2.75, 3.05) is 5.32 Å². The van der Waals surface area contributed by atoms with Crippen molar-refractivity contribution in [3.63, 3.8) is 0 Å². The Morgan fingerprint density at radius 1 is 1.11 bits per heavy atom. The summed E-state index contributed by atoms with van der Waals surface area (Å²) < 4.78 is 0. The van der Waals surface area contributed by atoms with Gasteiger partial charge in [-0.15, -0.1) is 0 Å². The van der Waals surface area contributed by atoms with E-state index in [2.05, 4.69) is 49.3 Å². The van der Waals surface area contributed by atoms with E-state index in [9.17, 15) is 0 Å². The molecular weight excluding hydrogens is 256 g/mol. The van der Waals surface area contributed by atoms with E-state index in [1.54, 1.807) is 6.20 Å². The van der Waals surface area contributed by atoms with E-state index in [0.717, 1.165) is 11.3 Å². The Balaban J connectivity index is 2.25. The summed E-state index contributed by atoms with van der Waals surface area (Å²) in [5.41, 5.74) is 5.83. The third kappa shape index (κ3) is 3.27. The Hall–Kier alpha value is -1.54. The van der Waals surface area contributed by atoms with E-state index >= 15 is 0 Å². The van der Waals surface area contributed by atoms with Gasteiger partial charge in [0.05, 0.1) is 5.69 Å². The van der Waals surface area contributed by atoms with Crippen LogP contribution in [0, 0.1) is 20.8 Å². The number of rotatable bonds is 3. The molecule has 2 aromatic rings. The van der Waals surface area contributed by atoms with Gasteiger partial charge in [-0.05, 0) is 50.5 Å². The molecule has 1 aromatic heterocycles. The van der Waals surface area contributed by atoms with Gasteiger partial charge in [0.25, 0.3) is 0 Å². The van der Waals surface area contributed by atoms with Crippen LogP contribution in [-0.4, -0.2) is 4.98 Å². The van der Waals surface area contributed by atoms with Crippen LogP contribution in [0.5, 0.6) is 0 Å². The zero-order valence-electron chi connectivity index (χ0n) is 11.8. The number of nitrogens with zero attached hydrogens (tertiary/aromatic N) is 1. The number of aryl methyl sites for hydroxylation is 3. The molecule has 0 aliphatic rings. The Morgan fingerprint density at radius 3 is 2.53 bits per heavy atom. The first kappa shape index (κ1) is 13.9. The molecule has 3 heteroatoms. The fourth-order valence-electron chi connectivity index (χ4n) is 2.28. The van der Waals surface area contributed by atoms with Crippen molar-refractivity contribution < 1.29 is 0 Å². The van der Waals surface area contributed by atoms with Crippen LogP contribution < -0.4 is 5.32 Å². The fraction of sp³-hybridized carbons (Fsp3) is 0.312. The minimum Gasteiger partial charge on any atom is -0.376 e. The zero-order chi connectivity index (χ0) is 14.0. The van der Waals surface area contributed by atoms with Crippen molar-refractivity contribution in [3.8, 4) is 0 Å². The molecule has 0 fully saturated rings. The van der Waals surface area contributed by atoms with Crippen LogP contribution in [0.3, 0.4) is 0 Å². The maximum absolute atomic E-state index is 6.12. The predicted octanol–water partition coefficient (Wildman–Crippen LogP) is 4.83. The molecule has 0 saturated carbocycles. The summed E-state index contributed by atoms with van der Waals surface area (Å²) in [6, 6.07) is 8.72. The zero-order valence-corrected chi connectivity index (χ0v) is 12.5. The second kappa shape index (κ2) is 5.62. The van der Waals surface area contributed by atoms with Crippen LogP contribution in [0.25, 0.3) is 0 Å². The Kier molecular flexibility index (Phi) is 4.11. The van der Waals surface area contributed by atoms with Gasteiger partial charge in [-0.1, -0.05) is 35.4 Å². The predicted molar refractivity (Wildman–Crippen MR) is 81.9 cm³/mol. The van der Waals surface area contributed by atoms with Crippen LogP contribution in [-0.2, 0) is 0 Å². The number of hydrogen-bond donors (Lipinski definition) is 1. The first-order chi connectivity index (χ1) is 8.97. The molecule has 100 valence electrons. The molecule has 0 aliphatic carbocycles. The van der Waals surface area contributed by atoms with Crippen molar-refractivity contribution in [2.45, 2.75) is 33.7 Å². The summed E-state index contributed by atoms with van der Waals surface area (Å²) >= 11 is 6.12. The van der Waals surface area contributed by atoms with E-state index in [4.69, 9.17) is 11.6 Å². The second-order valence-corrected chi connectivity index (χ2v) is 5.44. The van der Waals surface area contributed by atoms with Gasteiger partial charge in [0.2, 0.25) is 0 Å². The molecule has 1 heterocycles. The third-order valence-corrected chi connectivity index (χ3v) is 3.54. The smallest absolute Gasteiger partial charge is 0.152 e. The van der Waals surface area contributed by atoms with Crippen LogP contribution in [0.2, 0.25) is 5.15 Å². The number of hydrogen-bond acceptors (Lipinski definition) is 2. The van der Waals surface area contributed by atoms with Crippen molar-refractivity contribution in [1.82, 2.24) is 4.98 Å². The summed E-state index contributed by atoms with van der Waals surface area (Å²) in [6.07, 6.45) is 1.77. The van der Waals surface area contributed by atoms with Gasteiger partial charge in [0.1, 0.15) is 0 Å². The van der Waals surface area contributed by atoms with E-state index in [1.165, 1.54) is 16.7 Å². The first-order valence-electron chi connectivity index (χ1n) is 6.43. The summed E-state index contributed by atoms with van der Waals surface area (Å²) in [7, 11) is 0. The molecule has 19 heavy (non-hydrogen) atoms. The normalized spacial score (nSPS) is 12.3. The molecule has 0 spiro atoms. The summed E-state index contributed by atoms with van der Waals surface area (Å²) in [5.74, 6) is 0. The molecule has 2 nitrogen and oxygen atoms in total. The minimum atomic E-state index is 0.196. The highest BCUT2D eigenvalue weighted by molar-refractivity contribution is 6.31. The topological polar surface area (TPSA) is 24.9 Å². The number of benzene rings is 1. The largest absolute Gasteiger partial charge is 0.376 e. The van der Waals surface area contributed by atoms with Crippen LogP contribution >= 0.6 is 11.6 Å². The highest BCUT2D eigenvalue weighted by Gasteiger charge is 2.10. The van der Waals surface area contributed by atoms with Crippen LogP contribution in [0.4, 0.5) is 5.69 Å². The lowest BCUT2D eigenvalue weighted by Crippen LogP contribution is -2.09. The Labute approximate surface area is 119 Å². The SMILES string of the molecule is Cc1ccc(C(C)Nc2cc(C)cnc2Cl)c(C)c1. The molecule has 1 N–H and O–H groups in total. The molecule has 2 rings (SSSR count). The van der Waals surface area contributed by atoms with Crippen molar-refractivity contribution >= 4 is 17.3 Å². The molecule has 1 aromatic carbocycles. The van der Waals surface area contributed by atoms with Gasteiger partial charge in [-0.25, -0.2) is 4.98 Å². The van der Waals surface area contributed by atoms with Gasteiger partial charge < -0.3 is 5.32 Å². The molecular formula is C16H19ClN2. The van der Waals surface area contributed by atoms with Crippen LogP contribution in [0.1, 0.15) is 35.2 Å². The number of aromatic nitrogens is 1. The van der Waals surface area contributed by atoms with Crippen molar-refractivity contribution in [2.24, 2.45) is 0 Å². The standard InChI is InChI=1S/C16H19ClN2/c1-10-5-6-14(12(3)7-10)13(4)19-15-8-11(2)9-18-16(15)17/h5-9,13,19H,1-4H3. The highest BCUT2D eigenvalue weighted by atomic mass is 35.5. The molecule has 0 amide bonds. The highest BCUT2D eigenvalue weighted by Crippen LogP contribution is 2.27. The molecule has 0 aliphatic heterocycles.